The van der Waals surface area contributed by atoms with Crippen LogP contribution in [0, 0.1) is 0 Å². The molecule has 0 amide bonds. The van der Waals surface area contributed by atoms with Crippen molar-refractivity contribution in [1.29, 1.82) is 0 Å². The molecule has 6 heterocycles. The van der Waals surface area contributed by atoms with E-state index in [1.165, 1.54) is 11.1 Å². The summed E-state index contributed by atoms with van der Waals surface area (Å²) in [6.45, 7) is 0. The number of nitrogens with zero attached hydrogens (tertiary/aromatic N) is 6. The third-order valence-corrected chi connectivity index (χ3v) is 21.9. The zero-order valence-electron chi connectivity index (χ0n) is 63.2. The van der Waals surface area contributed by atoms with Crippen LogP contribution in [0.25, 0.3) is 222 Å². The minimum Gasteiger partial charge on any atom is -0.456 e. The molecule has 0 fully saturated rings. The molecule has 0 saturated heterocycles. The Morgan fingerprint density at radius 3 is 0.803 bits per heavy atom. The summed E-state index contributed by atoms with van der Waals surface area (Å²) in [5.41, 5.74) is 28.7. The fraction of sp³-hybridized carbons (Fsp3) is 0. The van der Waals surface area contributed by atoms with Crippen LogP contribution in [0.15, 0.2) is 426 Å². The van der Waals surface area contributed by atoms with Gasteiger partial charge in [0.15, 0.2) is 17.5 Å². The molecule has 9 heteroatoms. The van der Waals surface area contributed by atoms with Gasteiger partial charge in [-0.2, -0.15) is 0 Å². The zero-order chi connectivity index (χ0) is 77.5. The summed E-state index contributed by atoms with van der Waals surface area (Å²) >= 11 is 0. The lowest BCUT2D eigenvalue weighted by molar-refractivity contribution is 0.668. The first-order valence-electron chi connectivity index (χ1n) is 39.2. The second-order valence-corrected chi connectivity index (χ2v) is 29.1. The Bertz CT molecular complexity index is 7650. The highest BCUT2D eigenvalue weighted by molar-refractivity contribution is 6.15. The average molecular weight is 1500 g/mol. The first-order chi connectivity index (χ1) is 58.0. The first kappa shape index (κ1) is 69.1. The lowest BCUT2D eigenvalue weighted by Crippen LogP contribution is -1.95. The van der Waals surface area contributed by atoms with Gasteiger partial charge in [0.05, 0.1) is 33.6 Å². The van der Waals surface area contributed by atoms with Gasteiger partial charge in [-0.3, -0.25) is 0 Å². The molecule has 0 aliphatic heterocycles. The largest absolute Gasteiger partial charge is 0.456 e. The first-order valence-corrected chi connectivity index (χ1v) is 39.2. The standard InChI is InChI=1S/2C38H24N2O.C32H20N2O/c1-3-10-27(11-4-1)37-31-23-22-29(24-33(31)39-38(40-37)28-12-5-2-6-13-28)25-18-20-26(21-19-25)30-15-9-17-35-36(30)32-14-7-8-16-34(32)41-35;1-3-10-27(11-4-1)37-32-24-29(22-23-33(32)39-38(40-37)28-12-5-2-6-13-28)25-18-20-26(21-19-25)30-15-9-17-35-36(30)31-14-7-8-16-34(31)41-35;1-3-10-21(11-4-1)31-25-19-18-23(20-27(25)33-32(34-31)22-12-5-2-6-13-22)24-15-9-17-29-30(24)26-14-7-8-16-28(26)35-29/h2*1-24H;1-20H. The summed E-state index contributed by atoms with van der Waals surface area (Å²) in [4.78, 5) is 30.1. The van der Waals surface area contributed by atoms with Gasteiger partial charge in [-0.05, 0) is 128 Å². The second kappa shape index (κ2) is 30.0. The number of benzene rings is 17. The van der Waals surface area contributed by atoms with Crippen LogP contribution in [0.5, 0.6) is 0 Å². The Labute approximate surface area is 673 Å². The zero-order valence-corrected chi connectivity index (χ0v) is 63.2. The molecule has 0 unspecified atom stereocenters. The maximum Gasteiger partial charge on any atom is 0.160 e. The Kier molecular flexibility index (Phi) is 17.7. The Morgan fingerprint density at radius 2 is 0.419 bits per heavy atom. The summed E-state index contributed by atoms with van der Waals surface area (Å²) in [5, 5.41) is 9.94. The molecule has 0 spiro atoms. The van der Waals surface area contributed by atoms with Crippen molar-refractivity contribution in [2.45, 2.75) is 0 Å². The molecule has 0 N–H and O–H groups in total. The predicted molar refractivity (Wildman–Crippen MR) is 480 cm³/mol. The van der Waals surface area contributed by atoms with Crippen LogP contribution < -0.4 is 0 Å². The summed E-state index contributed by atoms with van der Waals surface area (Å²) in [5.74, 6) is 2.18. The van der Waals surface area contributed by atoms with E-state index in [0.717, 1.165) is 211 Å². The number of hydrogen-bond donors (Lipinski definition) is 0. The number of fused-ring (bicyclic) bond motifs is 12. The smallest absolute Gasteiger partial charge is 0.160 e. The van der Waals surface area contributed by atoms with Crippen molar-refractivity contribution in [3.63, 3.8) is 0 Å². The summed E-state index contributed by atoms with van der Waals surface area (Å²) in [6, 6.07) is 142. The van der Waals surface area contributed by atoms with Crippen LogP contribution in [-0.2, 0) is 0 Å². The van der Waals surface area contributed by atoms with Crippen molar-refractivity contribution in [2.24, 2.45) is 0 Å². The molecule has 548 valence electrons. The number of aromatic nitrogens is 6. The van der Waals surface area contributed by atoms with Gasteiger partial charge in [0, 0.05) is 81.9 Å². The molecule has 23 rings (SSSR count). The van der Waals surface area contributed by atoms with Crippen LogP contribution >= 0.6 is 0 Å². The van der Waals surface area contributed by atoms with Crippen molar-refractivity contribution < 1.29 is 13.3 Å². The van der Waals surface area contributed by atoms with E-state index in [2.05, 4.69) is 261 Å². The maximum atomic E-state index is 6.13. The van der Waals surface area contributed by atoms with E-state index >= 15 is 0 Å². The molecule has 0 aliphatic rings. The monoisotopic (exact) mass is 1500 g/mol. The van der Waals surface area contributed by atoms with Gasteiger partial charge in [0.25, 0.3) is 0 Å². The average Bonchev–Trinajstić information content (AvgIpc) is 1.57. The van der Waals surface area contributed by atoms with Gasteiger partial charge < -0.3 is 13.3 Å². The van der Waals surface area contributed by atoms with Crippen LogP contribution in [0.4, 0.5) is 0 Å². The second-order valence-electron chi connectivity index (χ2n) is 29.1. The number of furan rings is 3. The fourth-order valence-corrected chi connectivity index (χ4v) is 16.2. The molecule has 0 radical (unpaired) electrons. The molecule has 0 bridgehead atoms. The Balaban J connectivity index is 0.000000110. The van der Waals surface area contributed by atoms with E-state index in [4.69, 9.17) is 43.2 Å². The van der Waals surface area contributed by atoms with Crippen LogP contribution in [-0.4, -0.2) is 29.9 Å². The minimum atomic E-state index is 0.723. The van der Waals surface area contributed by atoms with E-state index < -0.39 is 0 Å². The highest BCUT2D eigenvalue weighted by atomic mass is 16.3. The summed E-state index contributed by atoms with van der Waals surface area (Å²) in [6.07, 6.45) is 0. The van der Waals surface area contributed by atoms with E-state index in [1.54, 1.807) is 0 Å². The van der Waals surface area contributed by atoms with Crippen molar-refractivity contribution in [2.75, 3.05) is 0 Å². The van der Waals surface area contributed by atoms with Crippen molar-refractivity contribution in [3.8, 4) is 124 Å². The molecule has 0 atom stereocenters. The molecule has 0 saturated carbocycles. The van der Waals surface area contributed by atoms with E-state index in [9.17, 15) is 0 Å². The third kappa shape index (κ3) is 13.2. The van der Waals surface area contributed by atoms with Crippen molar-refractivity contribution in [3.05, 3.63) is 413 Å². The molecule has 117 heavy (non-hydrogen) atoms. The summed E-state index contributed by atoms with van der Waals surface area (Å²) < 4.78 is 18.4. The highest BCUT2D eigenvalue weighted by Gasteiger charge is 2.21. The van der Waals surface area contributed by atoms with Gasteiger partial charge >= 0.3 is 0 Å². The molecule has 23 aromatic rings. The van der Waals surface area contributed by atoms with Gasteiger partial charge in [0.1, 0.15) is 33.5 Å². The number of hydrogen-bond acceptors (Lipinski definition) is 9. The molecule has 17 aromatic carbocycles. The Morgan fingerprint density at radius 1 is 0.145 bits per heavy atom. The lowest BCUT2D eigenvalue weighted by Gasteiger charge is -2.12. The van der Waals surface area contributed by atoms with E-state index in [0.29, 0.717) is 0 Å². The van der Waals surface area contributed by atoms with Crippen molar-refractivity contribution in [1.82, 2.24) is 29.9 Å². The van der Waals surface area contributed by atoms with Gasteiger partial charge in [-0.15, -0.1) is 0 Å². The fourth-order valence-electron chi connectivity index (χ4n) is 16.2. The highest BCUT2D eigenvalue weighted by Crippen LogP contribution is 2.44. The topological polar surface area (TPSA) is 117 Å². The lowest BCUT2D eigenvalue weighted by atomic mass is 9.96. The van der Waals surface area contributed by atoms with Crippen molar-refractivity contribution >= 4 is 98.5 Å². The SMILES string of the molecule is c1ccc(-c2nc(-c3ccccc3)c3cc(-c4ccc(-c5cccc6oc7ccccc7c56)cc4)ccc3n2)cc1.c1ccc(-c2nc(-c3ccccc3)c3ccc(-c4ccc(-c5cccc6oc7ccccc7c56)cc4)cc3n2)cc1.c1ccc(-c2nc(-c3ccccc3)c3ccc(-c4cccc5oc6ccccc6c45)cc3n2)cc1. The number of rotatable bonds is 11. The van der Waals surface area contributed by atoms with Crippen LogP contribution in [0.3, 0.4) is 0 Å². The number of para-hydroxylation sites is 3. The molecule has 9 nitrogen and oxygen atoms in total. The molecule has 6 aromatic heterocycles. The summed E-state index contributed by atoms with van der Waals surface area (Å²) in [7, 11) is 0. The normalized spacial score (nSPS) is 11.4. The van der Waals surface area contributed by atoms with E-state index in [-0.39, 0.29) is 0 Å². The van der Waals surface area contributed by atoms with Crippen LogP contribution in [0.2, 0.25) is 0 Å². The Hall–Kier alpha value is -15.8. The van der Waals surface area contributed by atoms with Crippen LogP contribution in [0.1, 0.15) is 0 Å². The van der Waals surface area contributed by atoms with E-state index in [1.807, 2.05) is 152 Å². The molecule has 0 aliphatic carbocycles. The maximum absolute atomic E-state index is 6.13. The van der Waals surface area contributed by atoms with Gasteiger partial charge in [0.2, 0.25) is 0 Å². The third-order valence-electron chi connectivity index (χ3n) is 21.9. The molecular formula is C108H68N6O3. The quantitative estimate of drug-likeness (QED) is 0.125. The van der Waals surface area contributed by atoms with Gasteiger partial charge in [-0.1, -0.05) is 340 Å². The van der Waals surface area contributed by atoms with Gasteiger partial charge in [-0.25, -0.2) is 29.9 Å². The minimum absolute atomic E-state index is 0.723. The molecular weight excluding hydrogens is 1430 g/mol. The predicted octanol–water partition coefficient (Wildman–Crippen LogP) is 28.9.